The van der Waals surface area contributed by atoms with E-state index < -0.39 is 0 Å². The fourth-order valence-corrected chi connectivity index (χ4v) is 1.61. The zero-order chi connectivity index (χ0) is 11.0. The Balaban J connectivity index is 2.14. The lowest BCUT2D eigenvalue weighted by atomic mass is 10.3. The molecule has 15 heavy (non-hydrogen) atoms. The first-order valence-electron chi connectivity index (χ1n) is 4.57. The van der Waals surface area contributed by atoms with Gasteiger partial charge in [-0.15, -0.1) is 10.2 Å². The maximum Gasteiger partial charge on any atom is 0.254 e. The first kappa shape index (κ1) is 10.6. The molecule has 1 fully saturated rings. The summed E-state index contributed by atoms with van der Waals surface area (Å²) >= 11 is 11.4. The third-order valence-corrected chi connectivity index (χ3v) is 2.85. The molecular formula is C9H9Cl2N3O. The summed E-state index contributed by atoms with van der Waals surface area (Å²) in [7, 11) is 0. The monoisotopic (exact) mass is 245 g/mol. The standard InChI is InChI=1S/C9H9Cl2N3O/c1-4-2-6(4)12-9(15)5-3-7(10)13-14-8(5)11/h3-4,6H,2H2,1H3,(H,12,15). The number of carbonyl (C=O) groups excluding carboxylic acids is 1. The zero-order valence-corrected chi connectivity index (χ0v) is 9.51. The third kappa shape index (κ3) is 2.38. The number of carbonyl (C=O) groups is 1. The second-order valence-electron chi connectivity index (χ2n) is 3.66. The van der Waals surface area contributed by atoms with Crippen molar-refractivity contribution in [2.75, 3.05) is 0 Å². The average Bonchev–Trinajstić information content (AvgIpc) is 2.86. The molecule has 1 saturated carbocycles. The quantitative estimate of drug-likeness (QED) is 0.867. The van der Waals surface area contributed by atoms with Crippen molar-refractivity contribution < 1.29 is 4.79 Å². The van der Waals surface area contributed by atoms with E-state index in [1.54, 1.807) is 0 Å². The van der Waals surface area contributed by atoms with Crippen molar-refractivity contribution in [1.29, 1.82) is 0 Å². The minimum Gasteiger partial charge on any atom is -0.349 e. The molecular weight excluding hydrogens is 237 g/mol. The van der Waals surface area contributed by atoms with Crippen LogP contribution in [0.15, 0.2) is 6.07 Å². The van der Waals surface area contributed by atoms with Gasteiger partial charge in [0.15, 0.2) is 10.3 Å². The van der Waals surface area contributed by atoms with Gasteiger partial charge in [0.1, 0.15) is 0 Å². The van der Waals surface area contributed by atoms with Crippen LogP contribution in [0.1, 0.15) is 23.7 Å². The molecule has 0 radical (unpaired) electrons. The topological polar surface area (TPSA) is 54.9 Å². The molecule has 80 valence electrons. The predicted octanol–water partition coefficient (Wildman–Crippen LogP) is 1.92. The Morgan fingerprint density at radius 3 is 2.80 bits per heavy atom. The molecule has 2 rings (SSSR count). The van der Waals surface area contributed by atoms with E-state index in [4.69, 9.17) is 23.2 Å². The van der Waals surface area contributed by atoms with Crippen LogP contribution in [-0.4, -0.2) is 22.1 Å². The number of hydrogen-bond acceptors (Lipinski definition) is 3. The van der Waals surface area contributed by atoms with Crippen LogP contribution in [0.25, 0.3) is 0 Å². The SMILES string of the molecule is CC1CC1NC(=O)c1cc(Cl)nnc1Cl. The molecule has 4 nitrogen and oxygen atoms in total. The Morgan fingerprint density at radius 2 is 2.20 bits per heavy atom. The van der Waals surface area contributed by atoms with Crippen molar-refractivity contribution in [2.45, 2.75) is 19.4 Å². The molecule has 1 amide bonds. The highest BCUT2D eigenvalue weighted by molar-refractivity contribution is 6.34. The maximum absolute atomic E-state index is 11.7. The normalized spacial score (nSPS) is 23.7. The molecule has 1 N–H and O–H groups in total. The van der Waals surface area contributed by atoms with E-state index in [0.29, 0.717) is 5.92 Å². The van der Waals surface area contributed by atoms with Crippen molar-refractivity contribution in [3.63, 3.8) is 0 Å². The molecule has 1 aliphatic rings. The fourth-order valence-electron chi connectivity index (χ4n) is 1.28. The van der Waals surface area contributed by atoms with Gasteiger partial charge >= 0.3 is 0 Å². The Morgan fingerprint density at radius 1 is 1.53 bits per heavy atom. The maximum atomic E-state index is 11.7. The Kier molecular flexibility index (Phi) is 2.80. The lowest BCUT2D eigenvalue weighted by Crippen LogP contribution is -2.27. The highest BCUT2D eigenvalue weighted by Crippen LogP contribution is 2.29. The molecule has 0 aliphatic heterocycles. The Hall–Kier alpha value is -0.870. The van der Waals surface area contributed by atoms with Crippen LogP contribution in [0.2, 0.25) is 10.3 Å². The summed E-state index contributed by atoms with van der Waals surface area (Å²) in [4.78, 5) is 11.7. The number of hydrogen-bond donors (Lipinski definition) is 1. The van der Waals surface area contributed by atoms with Crippen LogP contribution in [0.5, 0.6) is 0 Å². The number of nitrogens with one attached hydrogen (secondary N) is 1. The molecule has 1 heterocycles. The largest absolute Gasteiger partial charge is 0.349 e. The van der Waals surface area contributed by atoms with Gasteiger partial charge in [-0.3, -0.25) is 4.79 Å². The highest BCUT2D eigenvalue weighted by atomic mass is 35.5. The second kappa shape index (κ2) is 3.94. The lowest BCUT2D eigenvalue weighted by Gasteiger charge is -2.04. The van der Waals surface area contributed by atoms with Gasteiger partial charge in [0.05, 0.1) is 5.56 Å². The first-order chi connectivity index (χ1) is 7.08. The molecule has 6 heteroatoms. The van der Waals surface area contributed by atoms with Crippen LogP contribution in [-0.2, 0) is 0 Å². The molecule has 2 unspecified atom stereocenters. The summed E-state index contributed by atoms with van der Waals surface area (Å²) < 4.78 is 0. The van der Waals surface area contributed by atoms with Crippen molar-refractivity contribution in [3.05, 3.63) is 21.9 Å². The number of nitrogens with zero attached hydrogens (tertiary/aromatic N) is 2. The van der Waals surface area contributed by atoms with Crippen molar-refractivity contribution in [1.82, 2.24) is 15.5 Å². The van der Waals surface area contributed by atoms with Crippen LogP contribution in [0.3, 0.4) is 0 Å². The van der Waals surface area contributed by atoms with E-state index in [-0.39, 0.29) is 27.8 Å². The lowest BCUT2D eigenvalue weighted by molar-refractivity contribution is 0.0949. The molecule has 1 aromatic rings. The fraction of sp³-hybridized carbons (Fsp3) is 0.444. The highest BCUT2D eigenvalue weighted by Gasteiger charge is 2.34. The summed E-state index contributed by atoms with van der Waals surface area (Å²) in [5.74, 6) is 0.296. The van der Waals surface area contributed by atoms with Crippen LogP contribution < -0.4 is 5.32 Å². The van der Waals surface area contributed by atoms with Gasteiger partial charge in [-0.05, 0) is 18.4 Å². The molecule has 1 aromatic heterocycles. The average molecular weight is 246 g/mol. The van der Waals surface area contributed by atoms with Crippen molar-refractivity contribution >= 4 is 29.1 Å². The summed E-state index contributed by atoms with van der Waals surface area (Å²) in [6, 6.07) is 1.67. The van der Waals surface area contributed by atoms with E-state index in [1.807, 2.05) is 0 Å². The molecule has 0 aromatic carbocycles. The van der Waals surface area contributed by atoms with Gasteiger partial charge in [-0.1, -0.05) is 30.1 Å². The molecule has 2 atom stereocenters. The van der Waals surface area contributed by atoms with Crippen LogP contribution >= 0.6 is 23.2 Å². The van der Waals surface area contributed by atoms with Crippen LogP contribution in [0.4, 0.5) is 0 Å². The van der Waals surface area contributed by atoms with Gasteiger partial charge in [-0.25, -0.2) is 0 Å². The first-order valence-corrected chi connectivity index (χ1v) is 5.33. The zero-order valence-electron chi connectivity index (χ0n) is 8.00. The van der Waals surface area contributed by atoms with Gasteiger partial charge in [0, 0.05) is 6.04 Å². The van der Waals surface area contributed by atoms with E-state index >= 15 is 0 Å². The third-order valence-electron chi connectivity index (χ3n) is 2.39. The summed E-state index contributed by atoms with van der Waals surface area (Å²) in [5.41, 5.74) is 0.274. The van der Waals surface area contributed by atoms with Gasteiger partial charge < -0.3 is 5.32 Å². The van der Waals surface area contributed by atoms with E-state index in [0.717, 1.165) is 6.42 Å². The Bertz CT molecular complexity index is 410. The number of amides is 1. The number of halogens is 2. The van der Waals surface area contributed by atoms with Gasteiger partial charge in [0.2, 0.25) is 0 Å². The smallest absolute Gasteiger partial charge is 0.254 e. The number of aromatic nitrogens is 2. The molecule has 0 spiro atoms. The van der Waals surface area contributed by atoms with E-state index in [9.17, 15) is 4.79 Å². The van der Waals surface area contributed by atoms with E-state index in [2.05, 4.69) is 22.4 Å². The minimum absolute atomic E-state index is 0.0743. The summed E-state index contributed by atoms with van der Waals surface area (Å²) in [6.45, 7) is 2.07. The minimum atomic E-state index is -0.244. The van der Waals surface area contributed by atoms with Gasteiger partial charge in [0.25, 0.3) is 5.91 Å². The molecule has 0 saturated heterocycles. The van der Waals surface area contributed by atoms with Crippen LogP contribution in [0, 0.1) is 5.92 Å². The second-order valence-corrected chi connectivity index (χ2v) is 4.41. The van der Waals surface area contributed by atoms with Gasteiger partial charge in [-0.2, -0.15) is 0 Å². The summed E-state index contributed by atoms with van der Waals surface area (Å²) in [5, 5.41) is 10.2. The molecule has 1 aliphatic carbocycles. The number of rotatable bonds is 2. The predicted molar refractivity (Wildman–Crippen MR) is 57.1 cm³/mol. The Labute approximate surface area is 97.0 Å². The van der Waals surface area contributed by atoms with Crippen molar-refractivity contribution in [3.8, 4) is 0 Å². The van der Waals surface area contributed by atoms with Crippen molar-refractivity contribution in [2.24, 2.45) is 5.92 Å². The van der Waals surface area contributed by atoms with E-state index in [1.165, 1.54) is 6.07 Å². The molecule has 0 bridgehead atoms. The summed E-state index contributed by atoms with van der Waals surface area (Å²) in [6.07, 6.45) is 1.01.